The van der Waals surface area contributed by atoms with Crippen LogP contribution < -0.4 is 0 Å². The van der Waals surface area contributed by atoms with Crippen molar-refractivity contribution in [2.45, 2.75) is 37.2 Å². The summed E-state index contributed by atoms with van der Waals surface area (Å²) in [5.41, 5.74) is 5.15. The van der Waals surface area contributed by atoms with Crippen molar-refractivity contribution < 1.29 is 13.9 Å². The highest BCUT2D eigenvalue weighted by Crippen LogP contribution is 2.49. The summed E-state index contributed by atoms with van der Waals surface area (Å²) in [5.74, 6) is 0.848. The third-order valence-corrected chi connectivity index (χ3v) is 6.78. The highest BCUT2D eigenvalue weighted by atomic mass is 19.1. The van der Waals surface area contributed by atoms with E-state index >= 15 is 0 Å². The van der Waals surface area contributed by atoms with Gasteiger partial charge in [-0.3, -0.25) is 0 Å². The van der Waals surface area contributed by atoms with E-state index < -0.39 is 5.60 Å². The zero-order valence-electron chi connectivity index (χ0n) is 16.9. The van der Waals surface area contributed by atoms with Crippen molar-refractivity contribution >= 4 is 17.0 Å². The molecule has 1 aliphatic carbocycles. The molecule has 31 heavy (non-hydrogen) atoms. The van der Waals surface area contributed by atoms with Crippen LogP contribution in [0.4, 0.5) is 4.39 Å². The molecule has 6 rings (SSSR count). The fourth-order valence-electron chi connectivity index (χ4n) is 5.12. The minimum atomic E-state index is -0.480. The van der Waals surface area contributed by atoms with Crippen LogP contribution >= 0.6 is 0 Å². The molecule has 0 unspecified atom stereocenters. The van der Waals surface area contributed by atoms with Crippen molar-refractivity contribution in [2.24, 2.45) is 0 Å². The Morgan fingerprint density at radius 1 is 0.968 bits per heavy atom. The number of nitrogens with one attached hydrogen (secondary N) is 1. The summed E-state index contributed by atoms with van der Waals surface area (Å²) in [6, 6.07) is 20.4. The molecule has 154 valence electrons. The van der Waals surface area contributed by atoms with E-state index in [-0.39, 0.29) is 11.8 Å². The summed E-state index contributed by atoms with van der Waals surface area (Å²) >= 11 is 0. The number of carbonyl (C=O) groups excluding carboxylic acids is 1. The van der Waals surface area contributed by atoms with Crippen LogP contribution in [-0.4, -0.2) is 15.9 Å². The van der Waals surface area contributed by atoms with Crippen LogP contribution in [-0.2, 0) is 10.3 Å². The monoisotopic (exact) mass is 412 g/mol. The van der Waals surface area contributed by atoms with Crippen LogP contribution in [0.3, 0.4) is 0 Å². The number of carbonyl (C=O) groups is 1. The highest BCUT2D eigenvalue weighted by Gasteiger charge is 2.47. The van der Waals surface area contributed by atoms with Crippen LogP contribution in [0.5, 0.6) is 0 Å². The Hall–Kier alpha value is -3.47. The van der Waals surface area contributed by atoms with Gasteiger partial charge in [-0.1, -0.05) is 36.4 Å². The Bertz CT molecular complexity index is 1300. The quantitative estimate of drug-likeness (QED) is 0.405. The van der Waals surface area contributed by atoms with Gasteiger partial charge in [0, 0.05) is 11.5 Å². The average Bonchev–Trinajstić information content (AvgIpc) is 3.34. The van der Waals surface area contributed by atoms with Crippen LogP contribution in [0, 0.1) is 5.82 Å². The molecule has 0 atom stereocenters. The smallest absolute Gasteiger partial charge is 0.339 e. The number of hydrogen-bond acceptors (Lipinski definition) is 3. The molecule has 1 aliphatic heterocycles. The van der Waals surface area contributed by atoms with Gasteiger partial charge in [-0.05, 0) is 67.1 Å². The molecule has 2 aliphatic rings. The number of esters is 1. The number of fused-ring (bicyclic) bond motifs is 3. The second-order valence-electron chi connectivity index (χ2n) is 8.56. The first-order chi connectivity index (χ1) is 15.1. The Kier molecular flexibility index (Phi) is 4.00. The maximum Gasteiger partial charge on any atom is 0.339 e. The normalized spacial score (nSPS) is 22.6. The maximum atomic E-state index is 13.2. The molecule has 1 N–H and O–H groups in total. The minimum Gasteiger partial charge on any atom is -0.451 e. The Balaban J connectivity index is 1.25. The van der Waals surface area contributed by atoms with Crippen molar-refractivity contribution in [3.05, 3.63) is 89.5 Å². The van der Waals surface area contributed by atoms with E-state index in [0.717, 1.165) is 59.2 Å². The number of H-pyrrole nitrogens is 1. The van der Waals surface area contributed by atoms with Gasteiger partial charge < -0.3 is 9.72 Å². The number of aromatic amines is 1. The highest BCUT2D eigenvalue weighted by molar-refractivity contribution is 5.94. The second kappa shape index (κ2) is 6.77. The van der Waals surface area contributed by atoms with Gasteiger partial charge >= 0.3 is 5.97 Å². The molecule has 1 spiro atoms. The van der Waals surface area contributed by atoms with Gasteiger partial charge in [0.1, 0.15) is 17.2 Å². The number of rotatable bonds is 2. The Labute approximate surface area is 179 Å². The minimum absolute atomic E-state index is 0.203. The molecule has 1 fully saturated rings. The van der Waals surface area contributed by atoms with E-state index in [4.69, 9.17) is 9.72 Å². The SMILES string of the molecule is O=C1O[C@]2(CC[C@H](c3nc4cc(-c5ccc(F)cc5)ccc4[nH]3)CC2)c2ccccc21. The molecule has 0 saturated heterocycles. The Morgan fingerprint density at radius 2 is 1.71 bits per heavy atom. The topological polar surface area (TPSA) is 55.0 Å². The number of ether oxygens (including phenoxy) is 1. The van der Waals surface area contributed by atoms with Crippen molar-refractivity contribution in [1.29, 1.82) is 0 Å². The zero-order chi connectivity index (χ0) is 21.0. The lowest BCUT2D eigenvalue weighted by atomic mass is 9.75. The van der Waals surface area contributed by atoms with Gasteiger partial charge in [0.25, 0.3) is 0 Å². The summed E-state index contributed by atoms with van der Waals surface area (Å²) in [6.45, 7) is 0. The summed E-state index contributed by atoms with van der Waals surface area (Å²) in [6.07, 6.45) is 3.43. The first-order valence-electron chi connectivity index (χ1n) is 10.7. The molecule has 0 radical (unpaired) electrons. The molecule has 0 amide bonds. The van der Waals surface area contributed by atoms with Gasteiger partial charge in [0.2, 0.25) is 0 Å². The lowest BCUT2D eigenvalue weighted by Crippen LogP contribution is -2.31. The molecule has 4 aromatic rings. The molecule has 2 heterocycles. The third kappa shape index (κ3) is 2.95. The molecular weight excluding hydrogens is 391 g/mol. The predicted molar refractivity (Wildman–Crippen MR) is 116 cm³/mol. The predicted octanol–water partition coefficient (Wildman–Crippen LogP) is 6.09. The number of imidazole rings is 1. The molecule has 5 heteroatoms. The van der Waals surface area contributed by atoms with Crippen LogP contribution in [0.1, 0.15) is 53.3 Å². The molecule has 0 bridgehead atoms. The number of hydrogen-bond donors (Lipinski definition) is 1. The maximum absolute atomic E-state index is 13.2. The van der Waals surface area contributed by atoms with Crippen LogP contribution in [0.2, 0.25) is 0 Å². The van der Waals surface area contributed by atoms with E-state index in [1.54, 1.807) is 12.1 Å². The van der Waals surface area contributed by atoms with Crippen LogP contribution in [0.15, 0.2) is 66.7 Å². The zero-order valence-corrected chi connectivity index (χ0v) is 16.9. The van der Waals surface area contributed by atoms with Crippen molar-refractivity contribution in [3.8, 4) is 11.1 Å². The largest absolute Gasteiger partial charge is 0.451 e. The van der Waals surface area contributed by atoms with Crippen molar-refractivity contribution in [1.82, 2.24) is 9.97 Å². The second-order valence-corrected chi connectivity index (χ2v) is 8.56. The third-order valence-electron chi connectivity index (χ3n) is 6.78. The van der Waals surface area contributed by atoms with Crippen molar-refractivity contribution in [3.63, 3.8) is 0 Å². The van der Waals surface area contributed by atoms with E-state index in [1.807, 2.05) is 42.5 Å². The number of nitrogens with zero attached hydrogens (tertiary/aromatic N) is 1. The fraction of sp³-hybridized carbons (Fsp3) is 0.231. The lowest BCUT2D eigenvalue weighted by molar-refractivity contribution is -0.0312. The van der Waals surface area contributed by atoms with Gasteiger partial charge in [0.15, 0.2) is 0 Å². The first-order valence-corrected chi connectivity index (χ1v) is 10.7. The number of benzene rings is 3. The Morgan fingerprint density at radius 3 is 2.52 bits per heavy atom. The van der Waals surface area contributed by atoms with Gasteiger partial charge in [-0.15, -0.1) is 0 Å². The van der Waals surface area contributed by atoms with Gasteiger partial charge in [-0.2, -0.15) is 0 Å². The molecule has 1 aromatic heterocycles. The summed E-state index contributed by atoms with van der Waals surface area (Å²) in [4.78, 5) is 20.7. The lowest BCUT2D eigenvalue weighted by Gasteiger charge is -2.35. The molecular formula is C26H21FN2O2. The van der Waals surface area contributed by atoms with Crippen molar-refractivity contribution in [2.75, 3.05) is 0 Å². The average molecular weight is 412 g/mol. The van der Waals surface area contributed by atoms with E-state index in [9.17, 15) is 9.18 Å². The van der Waals surface area contributed by atoms with E-state index in [0.29, 0.717) is 11.5 Å². The summed E-state index contributed by atoms with van der Waals surface area (Å²) in [5, 5.41) is 0. The van der Waals surface area contributed by atoms with E-state index in [2.05, 4.69) is 4.98 Å². The van der Waals surface area contributed by atoms with E-state index in [1.165, 1.54) is 12.1 Å². The summed E-state index contributed by atoms with van der Waals surface area (Å²) < 4.78 is 19.1. The molecule has 1 saturated carbocycles. The fourth-order valence-corrected chi connectivity index (χ4v) is 5.12. The number of aromatic nitrogens is 2. The van der Waals surface area contributed by atoms with Gasteiger partial charge in [-0.25, -0.2) is 14.2 Å². The molecule has 4 nitrogen and oxygen atoms in total. The first kappa shape index (κ1) is 18.3. The number of halogens is 1. The van der Waals surface area contributed by atoms with Gasteiger partial charge in [0.05, 0.1) is 16.6 Å². The molecule has 3 aromatic carbocycles. The van der Waals surface area contributed by atoms with Crippen LogP contribution in [0.25, 0.3) is 22.2 Å². The standard InChI is InChI=1S/C26H21FN2O2/c27-19-8-5-16(6-9-19)18-7-10-22-23(15-18)29-24(28-22)17-11-13-26(14-12-17)21-4-2-1-3-20(21)25(30)31-26/h1-10,15,17H,11-14H2,(H,28,29)/t17-,26-. The summed E-state index contributed by atoms with van der Waals surface area (Å²) in [7, 11) is 0.